The predicted molar refractivity (Wildman–Crippen MR) is 52.9 cm³/mol. The SMILES string of the molecule is COC1Cc2ccc(S(=O)(=O)F)cc2C1. The average molecular weight is 230 g/mol. The average Bonchev–Trinajstić information content (AvgIpc) is 2.57. The lowest BCUT2D eigenvalue weighted by Gasteiger charge is -2.03. The van der Waals surface area contributed by atoms with Crippen LogP contribution in [0.25, 0.3) is 0 Å². The van der Waals surface area contributed by atoms with Crippen LogP contribution in [-0.2, 0) is 27.8 Å². The minimum Gasteiger partial charge on any atom is -0.381 e. The van der Waals surface area contributed by atoms with E-state index in [1.54, 1.807) is 13.2 Å². The summed E-state index contributed by atoms with van der Waals surface area (Å²) in [7, 11) is -2.97. The predicted octanol–water partition coefficient (Wildman–Crippen LogP) is 1.46. The molecule has 1 aliphatic carbocycles. The standard InChI is InChI=1S/C10H11FO3S/c1-14-9-4-7-2-3-10(15(11,12)13)6-8(7)5-9/h2-3,6,9H,4-5H2,1H3. The first-order chi connectivity index (χ1) is 7.00. The second-order valence-electron chi connectivity index (χ2n) is 3.63. The molecule has 1 atom stereocenters. The highest BCUT2D eigenvalue weighted by Gasteiger charge is 2.23. The van der Waals surface area contributed by atoms with Crippen molar-refractivity contribution in [2.24, 2.45) is 0 Å². The van der Waals surface area contributed by atoms with Crippen molar-refractivity contribution >= 4 is 10.2 Å². The van der Waals surface area contributed by atoms with Gasteiger partial charge in [-0.25, -0.2) is 0 Å². The number of rotatable bonds is 2. The van der Waals surface area contributed by atoms with Gasteiger partial charge in [0.25, 0.3) is 0 Å². The summed E-state index contributed by atoms with van der Waals surface area (Å²) in [6, 6.07) is 4.34. The molecule has 1 aromatic rings. The molecule has 82 valence electrons. The zero-order valence-corrected chi connectivity index (χ0v) is 9.05. The molecule has 0 saturated carbocycles. The summed E-state index contributed by atoms with van der Waals surface area (Å²) in [6.07, 6.45) is 1.49. The summed E-state index contributed by atoms with van der Waals surface area (Å²) >= 11 is 0. The van der Waals surface area contributed by atoms with Crippen molar-refractivity contribution in [3.63, 3.8) is 0 Å². The van der Waals surface area contributed by atoms with E-state index in [1.807, 2.05) is 0 Å². The molecule has 0 radical (unpaired) electrons. The Morgan fingerprint density at radius 3 is 2.60 bits per heavy atom. The Morgan fingerprint density at radius 2 is 2.00 bits per heavy atom. The third-order valence-electron chi connectivity index (χ3n) is 2.69. The van der Waals surface area contributed by atoms with Crippen LogP contribution in [0.3, 0.4) is 0 Å². The molecule has 0 N–H and O–H groups in total. The molecule has 3 nitrogen and oxygen atoms in total. The zero-order chi connectivity index (χ0) is 11.1. The largest absolute Gasteiger partial charge is 0.381 e. The summed E-state index contributed by atoms with van der Waals surface area (Å²) < 4.78 is 39.3. The van der Waals surface area contributed by atoms with Crippen molar-refractivity contribution in [3.8, 4) is 0 Å². The third kappa shape index (κ3) is 2.03. The lowest BCUT2D eigenvalue weighted by atomic mass is 10.1. The van der Waals surface area contributed by atoms with Crippen molar-refractivity contribution < 1.29 is 17.0 Å². The number of fused-ring (bicyclic) bond motifs is 1. The fraction of sp³-hybridized carbons (Fsp3) is 0.400. The Labute approximate surface area is 88.1 Å². The van der Waals surface area contributed by atoms with E-state index in [0.29, 0.717) is 6.42 Å². The molecule has 0 aromatic heterocycles. The summed E-state index contributed by atoms with van der Waals surface area (Å²) in [5.41, 5.74) is 1.90. The number of hydrogen-bond acceptors (Lipinski definition) is 3. The fourth-order valence-corrected chi connectivity index (χ4v) is 2.39. The molecule has 0 saturated heterocycles. The van der Waals surface area contributed by atoms with Gasteiger partial charge in [-0.3, -0.25) is 0 Å². The van der Waals surface area contributed by atoms with Crippen molar-refractivity contribution in [1.29, 1.82) is 0 Å². The Hall–Kier alpha value is -0.940. The van der Waals surface area contributed by atoms with E-state index in [2.05, 4.69) is 0 Å². The Bertz CT molecular complexity index is 481. The van der Waals surface area contributed by atoms with Gasteiger partial charge in [-0.1, -0.05) is 6.07 Å². The smallest absolute Gasteiger partial charge is 0.332 e. The van der Waals surface area contributed by atoms with Gasteiger partial charge >= 0.3 is 10.2 Å². The Balaban J connectivity index is 2.39. The summed E-state index contributed by atoms with van der Waals surface area (Å²) in [4.78, 5) is -0.266. The van der Waals surface area contributed by atoms with Crippen molar-refractivity contribution in [2.45, 2.75) is 23.8 Å². The van der Waals surface area contributed by atoms with Gasteiger partial charge < -0.3 is 4.74 Å². The van der Waals surface area contributed by atoms with E-state index in [-0.39, 0.29) is 11.0 Å². The van der Waals surface area contributed by atoms with E-state index >= 15 is 0 Å². The number of methoxy groups -OCH3 is 1. The number of ether oxygens (including phenoxy) is 1. The number of halogens is 1. The molecule has 1 aromatic carbocycles. The molecule has 1 aliphatic rings. The first kappa shape index (κ1) is 10.6. The molecule has 0 aliphatic heterocycles. The highest BCUT2D eigenvalue weighted by molar-refractivity contribution is 7.86. The van der Waals surface area contributed by atoms with Gasteiger partial charge in [-0.05, 0) is 36.1 Å². The molecular formula is C10H11FO3S. The first-order valence-corrected chi connectivity index (χ1v) is 5.98. The maximum atomic E-state index is 12.7. The third-order valence-corrected chi connectivity index (χ3v) is 3.50. The van der Waals surface area contributed by atoms with E-state index in [0.717, 1.165) is 17.5 Å². The number of benzene rings is 1. The van der Waals surface area contributed by atoms with Crippen LogP contribution >= 0.6 is 0 Å². The van der Waals surface area contributed by atoms with Gasteiger partial charge in [0.05, 0.1) is 11.0 Å². The summed E-state index contributed by atoms with van der Waals surface area (Å²) in [5, 5.41) is 0. The van der Waals surface area contributed by atoms with Gasteiger partial charge in [0.1, 0.15) is 0 Å². The van der Waals surface area contributed by atoms with Crippen LogP contribution in [0.5, 0.6) is 0 Å². The van der Waals surface area contributed by atoms with Crippen molar-refractivity contribution in [2.75, 3.05) is 7.11 Å². The maximum absolute atomic E-state index is 12.7. The quantitative estimate of drug-likeness (QED) is 0.722. The van der Waals surface area contributed by atoms with Crippen molar-refractivity contribution in [3.05, 3.63) is 29.3 Å². The summed E-state index contributed by atoms with van der Waals surface area (Å²) in [5.74, 6) is 0. The summed E-state index contributed by atoms with van der Waals surface area (Å²) in [6.45, 7) is 0. The molecule has 15 heavy (non-hydrogen) atoms. The second kappa shape index (κ2) is 3.57. The number of hydrogen-bond donors (Lipinski definition) is 0. The lowest BCUT2D eigenvalue weighted by molar-refractivity contribution is 0.112. The van der Waals surface area contributed by atoms with Crippen molar-refractivity contribution in [1.82, 2.24) is 0 Å². The molecule has 5 heteroatoms. The fourth-order valence-electron chi connectivity index (χ4n) is 1.87. The molecule has 0 amide bonds. The van der Waals surface area contributed by atoms with Gasteiger partial charge in [0.2, 0.25) is 0 Å². The van der Waals surface area contributed by atoms with E-state index < -0.39 is 10.2 Å². The van der Waals surface area contributed by atoms with Crippen LogP contribution in [0.1, 0.15) is 11.1 Å². The zero-order valence-electron chi connectivity index (χ0n) is 8.23. The molecule has 0 spiro atoms. The van der Waals surface area contributed by atoms with Crippen LogP contribution in [0, 0.1) is 0 Å². The minimum atomic E-state index is -4.59. The monoisotopic (exact) mass is 230 g/mol. The molecule has 2 rings (SSSR count). The lowest BCUT2D eigenvalue weighted by Crippen LogP contribution is -2.08. The Morgan fingerprint density at radius 1 is 1.33 bits per heavy atom. The molecule has 0 heterocycles. The normalized spacial score (nSPS) is 20.3. The van der Waals surface area contributed by atoms with Gasteiger partial charge in [0, 0.05) is 7.11 Å². The van der Waals surface area contributed by atoms with Crippen LogP contribution in [-0.4, -0.2) is 21.6 Å². The topological polar surface area (TPSA) is 43.4 Å². The second-order valence-corrected chi connectivity index (χ2v) is 4.98. The molecule has 0 fully saturated rings. The minimum absolute atomic E-state index is 0.0811. The maximum Gasteiger partial charge on any atom is 0.332 e. The van der Waals surface area contributed by atoms with Gasteiger partial charge in [-0.2, -0.15) is 8.42 Å². The molecule has 1 unspecified atom stereocenters. The van der Waals surface area contributed by atoms with Gasteiger partial charge in [0.15, 0.2) is 0 Å². The van der Waals surface area contributed by atoms with E-state index in [4.69, 9.17) is 4.74 Å². The molecular weight excluding hydrogens is 219 g/mol. The van der Waals surface area contributed by atoms with E-state index in [1.165, 1.54) is 12.1 Å². The van der Waals surface area contributed by atoms with Crippen LogP contribution in [0.4, 0.5) is 3.89 Å². The Kier molecular flexibility index (Phi) is 2.52. The first-order valence-electron chi connectivity index (χ1n) is 4.60. The van der Waals surface area contributed by atoms with E-state index in [9.17, 15) is 12.3 Å². The highest BCUT2D eigenvalue weighted by Crippen LogP contribution is 2.26. The van der Waals surface area contributed by atoms with Crippen LogP contribution < -0.4 is 0 Å². The van der Waals surface area contributed by atoms with Crippen LogP contribution in [0.15, 0.2) is 23.1 Å². The highest BCUT2D eigenvalue weighted by atomic mass is 32.3. The molecule has 0 bridgehead atoms. The van der Waals surface area contributed by atoms with Gasteiger partial charge in [-0.15, -0.1) is 3.89 Å². The van der Waals surface area contributed by atoms with Crippen LogP contribution in [0.2, 0.25) is 0 Å².